The Bertz CT molecular complexity index is 4180. The minimum atomic E-state index is 0.0737. The van der Waals surface area contributed by atoms with Crippen molar-refractivity contribution < 1.29 is 4.42 Å². The van der Waals surface area contributed by atoms with E-state index >= 15 is 0 Å². The van der Waals surface area contributed by atoms with Crippen molar-refractivity contribution in [3.05, 3.63) is 266 Å². The van der Waals surface area contributed by atoms with Crippen molar-refractivity contribution in [2.75, 3.05) is 0 Å². The van der Waals surface area contributed by atoms with Gasteiger partial charge in [-0.1, -0.05) is 206 Å². The number of fused-ring (bicyclic) bond motifs is 8. The summed E-state index contributed by atoms with van der Waals surface area (Å²) in [5.41, 5.74) is 20.1. The average molecular weight is 892 g/mol. The van der Waals surface area contributed by atoms with E-state index in [0.29, 0.717) is 0 Å². The van der Waals surface area contributed by atoms with Gasteiger partial charge in [0.1, 0.15) is 11.2 Å². The number of hydrogen-bond donors (Lipinski definition) is 0. The molecule has 0 spiro atoms. The molecule has 0 bridgehead atoms. The monoisotopic (exact) mass is 891 g/mol. The van der Waals surface area contributed by atoms with Crippen molar-refractivity contribution in [3.63, 3.8) is 0 Å². The molecule has 0 aliphatic heterocycles. The quantitative estimate of drug-likeness (QED) is 0.146. The molecule has 2 nitrogen and oxygen atoms in total. The molecule has 0 amide bonds. The van der Waals surface area contributed by atoms with E-state index in [4.69, 9.17) is 4.42 Å². The van der Waals surface area contributed by atoms with E-state index < -0.39 is 0 Å². The maximum atomic E-state index is 6.93. The molecule has 1 atom stereocenters. The van der Waals surface area contributed by atoms with Gasteiger partial charge in [-0.25, -0.2) is 0 Å². The van der Waals surface area contributed by atoms with Crippen LogP contribution in [-0.4, -0.2) is 4.57 Å². The first kappa shape index (κ1) is 40.1. The minimum Gasteiger partial charge on any atom is -0.456 e. The Kier molecular flexibility index (Phi) is 9.38. The van der Waals surface area contributed by atoms with Crippen molar-refractivity contribution in [1.29, 1.82) is 0 Å². The molecule has 13 aromatic rings. The second kappa shape index (κ2) is 16.4. The maximum absolute atomic E-state index is 6.93. The van der Waals surface area contributed by atoms with Crippen LogP contribution < -0.4 is 0 Å². The molecule has 2 aromatic heterocycles. The molecule has 0 saturated heterocycles. The first-order valence-electron chi connectivity index (χ1n) is 24.3. The van der Waals surface area contributed by atoms with Gasteiger partial charge in [0.15, 0.2) is 0 Å². The van der Waals surface area contributed by atoms with Gasteiger partial charge in [-0.05, 0) is 132 Å². The Labute approximate surface area is 406 Å². The predicted octanol–water partition coefficient (Wildman–Crippen LogP) is 18.5. The molecular formula is C68H45NO. The van der Waals surface area contributed by atoms with Gasteiger partial charge in [-0.15, -0.1) is 0 Å². The van der Waals surface area contributed by atoms with Gasteiger partial charge in [0.2, 0.25) is 0 Å². The van der Waals surface area contributed by atoms with E-state index in [-0.39, 0.29) is 5.92 Å². The van der Waals surface area contributed by atoms with Crippen molar-refractivity contribution in [2.24, 2.45) is 0 Å². The smallest absolute Gasteiger partial charge is 0.139 e. The molecule has 1 unspecified atom stereocenters. The molecule has 70 heavy (non-hydrogen) atoms. The summed E-state index contributed by atoms with van der Waals surface area (Å²) in [6.45, 7) is 0. The molecule has 1 aliphatic carbocycles. The van der Waals surface area contributed by atoms with E-state index in [2.05, 4.69) is 259 Å². The van der Waals surface area contributed by atoms with Gasteiger partial charge >= 0.3 is 0 Å². The lowest BCUT2D eigenvalue weighted by Gasteiger charge is -2.22. The van der Waals surface area contributed by atoms with Gasteiger partial charge in [0.25, 0.3) is 0 Å². The summed E-state index contributed by atoms with van der Waals surface area (Å²) in [4.78, 5) is 0. The van der Waals surface area contributed by atoms with Crippen LogP contribution in [0.5, 0.6) is 0 Å². The Morgan fingerprint density at radius 3 is 1.57 bits per heavy atom. The molecule has 1 aliphatic rings. The second-order valence-electron chi connectivity index (χ2n) is 18.7. The number of furan rings is 1. The zero-order valence-corrected chi connectivity index (χ0v) is 38.4. The molecule has 2 heteroatoms. The molecule has 328 valence electrons. The zero-order valence-electron chi connectivity index (χ0n) is 38.4. The lowest BCUT2D eigenvalue weighted by molar-refractivity contribution is 0.655. The summed E-state index contributed by atoms with van der Waals surface area (Å²) < 4.78 is 9.45. The highest BCUT2D eigenvalue weighted by Gasteiger charge is 2.27. The Morgan fingerprint density at radius 1 is 0.357 bits per heavy atom. The second-order valence-corrected chi connectivity index (χ2v) is 18.7. The van der Waals surface area contributed by atoms with E-state index in [1.165, 1.54) is 105 Å². The fourth-order valence-corrected chi connectivity index (χ4v) is 11.5. The SMILES string of the molecule is C1=CC(c2cc(-c3ccccc3)cc3c2oc2ccc(-c4ccccc4)cc23)Cc2c1c1ccccc1n2-c1cccc(-c2ccc3c(-c4ccccc4)c4ccccc4c(-c4ccccc4)c3c2)c1. The lowest BCUT2D eigenvalue weighted by atomic mass is 9.85. The van der Waals surface area contributed by atoms with Crippen LogP contribution in [0.25, 0.3) is 122 Å². The topological polar surface area (TPSA) is 18.1 Å². The largest absolute Gasteiger partial charge is 0.456 e. The standard InChI is InChI=1S/C68H45NO/c1-5-18-44(19-6-1)49-34-37-65-60(39-49)62-42-52(45-20-7-2-8-21-45)41-59(68(62)70-65)51-33-35-55-54-28-15-16-31-63(54)69(64(55)43-51)53-27-17-26-48(38-53)50-32-36-58-61(40-50)67(47-24-11-4-12-25-47)57-30-14-13-29-56(57)66(58)46-22-9-3-10-23-46/h1-42,51H,43H2. The molecular weight excluding hydrogens is 847 g/mol. The molecule has 0 fully saturated rings. The van der Waals surface area contributed by atoms with Crippen LogP contribution in [0.4, 0.5) is 0 Å². The van der Waals surface area contributed by atoms with Gasteiger partial charge in [-0.2, -0.15) is 0 Å². The van der Waals surface area contributed by atoms with Gasteiger partial charge in [0, 0.05) is 44.6 Å². The van der Waals surface area contributed by atoms with Crippen LogP contribution in [0.15, 0.2) is 253 Å². The maximum Gasteiger partial charge on any atom is 0.139 e. The predicted molar refractivity (Wildman–Crippen MR) is 295 cm³/mol. The van der Waals surface area contributed by atoms with E-state index in [9.17, 15) is 0 Å². The number of para-hydroxylation sites is 1. The fraction of sp³-hybridized carbons (Fsp3) is 0.0294. The number of allylic oxidation sites excluding steroid dienone is 1. The lowest BCUT2D eigenvalue weighted by Crippen LogP contribution is -2.10. The highest BCUT2D eigenvalue weighted by atomic mass is 16.3. The molecule has 2 heterocycles. The highest BCUT2D eigenvalue weighted by molar-refractivity contribution is 6.22. The van der Waals surface area contributed by atoms with Crippen LogP contribution in [0.1, 0.15) is 22.7 Å². The third-order valence-electron chi connectivity index (χ3n) is 14.7. The van der Waals surface area contributed by atoms with E-state index in [1.807, 2.05) is 0 Å². The van der Waals surface area contributed by atoms with E-state index in [0.717, 1.165) is 34.0 Å². The van der Waals surface area contributed by atoms with Crippen LogP contribution in [0.3, 0.4) is 0 Å². The van der Waals surface area contributed by atoms with Crippen molar-refractivity contribution in [2.45, 2.75) is 12.3 Å². The Hall–Kier alpha value is -8.98. The van der Waals surface area contributed by atoms with Crippen LogP contribution in [0, 0.1) is 0 Å². The number of aromatic nitrogens is 1. The summed E-state index contributed by atoms with van der Waals surface area (Å²) in [6, 6.07) is 88.6. The van der Waals surface area contributed by atoms with Crippen LogP contribution >= 0.6 is 0 Å². The summed E-state index contributed by atoms with van der Waals surface area (Å²) in [6.07, 6.45) is 5.59. The summed E-state index contributed by atoms with van der Waals surface area (Å²) in [5.74, 6) is 0.0737. The van der Waals surface area contributed by atoms with E-state index in [1.54, 1.807) is 0 Å². The minimum absolute atomic E-state index is 0.0737. The number of rotatable bonds is 7. The third-order valence-corrected chi connectivity index (χ3v) is 14.7. The summed E-state index contributed by atoms with van der Waals surface area (Å²) in [5, 5.41) is 8.55. The Morgan fingerprint density at radius 2 is 0.871 bits per heavy atom. The first-order valence-corrected chi connectivity index (χ1v) is 24.3. The van der Waals surface area contributed by atoms with Gasteiger partial charge in [0.05, 0.1) is 5.52 Å². The molecule has 14 rings (SSSR count). The molecule has 11 aromatic carbocycles. The van der Waals surface area contributed by atoms with Crippen LogP contribution in [0.2, 0.25) is 0 Å². The van der Waals surface area contributed by atoms with Crippen LogP contribution in [-0.2, 0) is 6.42 Å². The Balaban J connectivity index is 0.924. The summed E-state index contributed by atoms with van der Waals surface area (Å²) >= 11 is 0. The fourth-order valence-electron chi connectivity index (χ4n) is 11.5. The zero-order chi connectivity index (χ0) is 46.1. The highest BCUT2D eigenvalue weighted by Crippen LogP contribution is 2.47. The number of benzene rings is 11. The normalized spacial score (nSPS) is 13.5. The van der Waals surface area contributed by atoms with Gasteiger partial charge < -0.3 is 8.98 Å². The summed E-state index contributed by atoms with van der Waals surface area (Å²) in [7, 11) is 0. The first-order chi connectivity index (χ1) is 34.7. The van der Waals surface area contributed by atoms with Crippen molar-refractivity contribution in [1.82, 2.24) is 4.57 Å². The number of nitrogens with zero attached hydrogens (tertiary/aromatic N) is 1. The van der Waals surface area contributed by atoms with Crippen molar-refractivity contribution >= 4 is 60.5 Å². The number of hydrogen-bond acceptors (Lipinski definition) is 1. The van der Waals surface area contributed by atoms with Gasteiger partial charge in [-0.3, -0.25) is 0 Å². The molecule has 0 N–H and O–H groups in total. The molecule has 0 saturated carbocycles. The average Bonchev–Trinajstić information content (AvgIpc) is 3.98. The van der Waals surface area contributed by atoms with Crippen molar-refractivity contribution in [3.8, 4) is 61.3 Å². The third kappa shape index (κ3) is 6.56. The molecule has 0 radical (unpaired) electrons.